The summed E-state index contributed by atoms with van der Waals surface area (Å²) in [5, 5.41) is 18.0. The van der Waals surface area contributed by atoms with E-state index in [2.05, 4.69) is 20.5 Å². The molecule has 0 spiro atoms. The van der Waals surface area contributed by atoms with E-state index in [-0.39, 0.29) is 18.5 Å². The predicted molar refractivity (Wildman–Crippen MR) is 65.5 cm³/mol. The molecule has 2 amide bonds. The fourth-order valence-electron chi connectivity index (χ4n) is 2.26. The number of nitrogens with one attached hydrogen (secondary N) is 2. The lowest BCUT2D eigenvalue weighted by Gasteiger charge is -2.23. The molecular weight excluding hydrogens is 250 g/mol. The van der Waals surface area contributed by atoms with Crippen LogP contribution in [0.4, 0.5) is 4.79 Å². The molecule has 1 aliphatic rings. The second-order valence-electron chi connectivity index (χ2n) is 4.50. The first kappa shape index (κ1) is 13.3. The maximum absolute atomic E-state index is 11.9. The third kappa shape index (κ3) is 3.67. The summed E-state index contributed by atoms with van der Waals surface area (Å²) in [6.07, 6.45) is 3.61. The van der Waals surface area contributed by atoms with E-state index in [4.69, 9.17) is 5.11 Å². The summed E-state index contributed by atoms with van der Waals surface area (Å²) in [6.45, 7) is 1.07. The van der Waals surface area contributed by atoms with E-state index < -0.39 is 5.97 Å². The molecule has 2 rings (SSSR count). The van der Waals surface area contributed by atoms with Crippen molar-refractivity contribution in [3.8, 4) is 0 Å². The number of aliphatic carboxylic acids is 1. The van der Waals surface area contributed by atoms with Crippen LogP contribution in [0.25, 0.3) is 0 Å². The van der Waals surface area contributed by atoms with Crippen LogP contribution in [-0.4, -0.2) is 56.3 Å². The summed E-state index contributed by atoms with van der Waals surface area (Å²) in [4.78, 5) is 28.2. The van der Waals surface area contributed by atoms with Crippen LogP contribution < -0.4 is 5.32 Å². The Hall–Kier alpha value is -2.12. The maximum atomic E-state index is 11.9. The fraction of sp³-hybridized carbons (Fsp3) is 0.636. The number of H-pyrrole nitrogens is 1. The largest absolute Gasteiger partial charge is 0.481 e. The highest BCUT2D eigenvalue weighted by molar-refractivity contribution is 5.76. The van der Waals surface area contributed by atoms with Gasteiger partial charge in [0.2, 0.25) is 0 Å². The summed E-state index contributed by atoms with van der Waals surface area (Å²) in [5.41, 5.74) is 0. The maximum Gasteiger partial charge on any atom is 0.317 e. The smallest absolute Gasteiger partial charge is 0.317 e. The number of carbonyl (C=O) groups excluding carboxylic acids is 1. The van der Waals surface area contributed by atoms with Crippen molar-refractivity contribution < 1.29 is 14.7 Å². The van der Waals surface area contributed by atoms with Crippen LogP contribution in [0.5, 0.6) is 0 Å². The lowest BCUT2D eigenvalue weighted by atomic mass is 10.1. The van der Waals surface area contributed by atoms with Crippen molar-refractivity contribution >= 4 is 12.0 Å². The minimum atomic E-state index is -0.869. The van der Waals surface area contributed by atoms with Gasteiger partial charge in [0.15, 0.2) is 0 Å². The molecular formula is C11H17N5O3. The number of rotatable bonds is 5. The molecule has 104 valence electrons. The SMILES string of the molecule is O=C(O)CC1CCCN1C(=O)NCCc1ncn[nH]1. The Balaban J connectivity index is 1.77. The Labute approximate surface area is 110 Å². The summed E-state index contributed by atoms with van der Waals surface area (Å²) < 4.78 is 0. The summed E-state index contributed by atoms with van der Waals surface area (Å²) in [6, 6.07) is -0.397. The molecule has 0 saturated carbocycles. The molecule has 0 aliphatic carbocycles. The normalized spacial score (nSPS) is 18.5. The monoisotopic (exact) mass is 267 g/mol. The second-order valence-corrected chi connectivity index (χ2v) is 4.50. The summed E-state index contributed by atoms with van der Waals surface area (Å²) in [5.74, 6) is -0.157. The van der Waals surface area contributed by atoms with Crippen molar-refractivity contribution in [2.24, 2.45) is 0 Å². The molecule has 1 aromatic heterocycles. The Kier molecular flexibility index (Phi) is 4.32. The van der Waals surface area contributed by atoms with Crippen molar-refractivity contribution in [2.45, 2.75) is 31.7 Å². The van der Waals surface area contributed by atoms with Gasteiger partial charge >= 0.3 is 12.0 Å². The number of hydrogen-bond donors (Lipinski definition) is 3. The molecule has 1 unspecified atom stereocenters. The van der Waals surface area contributed by atoms with Crippen molar-refractivity contribution in [1.29, 1.82) is 0 Å². The van der Waals surface area contributed by atoms with Crippen molar-refractivity contribution in [2.75, 3.05) is 13.1 Å². The van der Waals surface area contributed by atoms with E-state index >= 15 is 0 Å². The summed E-state index contributed by atoms with van der Waals surface area (Å²) >= 11 is 0. The molecule has 1 fully saturated rings. The highest BCUT2D eigenvalue weighted by Crippen LogP contribution is 2.19. The lowest BCUT2D eigenvalue weighted by Crippen LogP contribution is -2.44. The van der Waals surface area contributed by atoms with E-state index in [9.17, 15) is 9.59 Å². The van der Waals surface area contributed by atoms with Crippen LogP contribution in [0, 0.1) is 0 Å². The van der Waals surface area contributed by atoms with Gasteiger partial charge in [-0.05, 0) is 12.8 Å². The van der Waals surface area contributed by atoms with Gasteiger partial charge in [0.1, 0.15) is 12.2 Å². The van der Waals surface area contributed by atoms with Gasteiger partial charge in [0, 0.05) is 25.6 Å². The highest BCUT2D eigenvalue weighted by atomic mass is 16.4. The third-order valence-corrected chi connectivity index (χ3v) is 3.15. The number of aromatic nitrogens is 3. The van der Waals surface area contributed by atoms with Gasteiger partial charge in [-0.15, -0.1) is 0 Å². The second kappa shape index (κ2) is 6.17. The number of urea groups is 1. The minimum Gasteiger partial charge on any atom is -0.481 e. The van der Waals surface area contributed by atoms with Gasteiger partial charge in [-0.1, -0.05) is 0 Å². The topological polar surface area (TPSA) is 111 Å². The highest BCUT2D eigenvalue weighted by Gasteiger charge is 2.30. The van der Waals surface area contributed by atoms with Crippen LogP contribution in [0.15, 0.2) is 6.33 Å². The number of carboxylic acids is 1. The van der Waals surface area contributed by atoms with E-state index in [1.807, 2.05) is 0 Å². The van der Waals surface area contributed by atoms with Gasteiger partial charge in [-0.3, -0.25) is 9.89 Å². The van der Waals surface area contributed by atoms with Crippen molar-refractivity contribution in [3.63, 3.8) is 0 Å². The number of carboxylic acid groups (broad SMARTS) is 1. The summed E-state index contributed by atoms with van der Waals surface area (Å²) in [7, 11) is 0. The first-order valence-corrected chi connectivity index (χ1v) is 6.27. The average Bonchev–Trinajstić information content (AvgIpc) is 2.99. The van der Waals surface area contributed by atoms with E-state index in [0.29, 0.717) is 25.3 Å². The zero-order valence-electron chi connectivity index (χ0n) is 10.5. The number of nitrogens with zero attached hydrogens (tertiary/aromatic N) is 3. The Bertz CT molecular complexity index is 434. The Morgan fingerprint density at radius 3 is 3.11 bits per heavy atom. The van der Waals surface area contributed by atoms with Crippen LogP contribution in [-0.2, 0) is 11.2 Å². The van der Waals surface area contributed by atoms with Crippen LogP contribution in [0.3, 0.4) is 0 Å². The molecule has 19 heavy (non-hydrogen) atoms. The van der Waals surface area contributed by atoms with Crippen LogP contribution >= 0.6 is 0 Å². The number of hydrogen-bond acceptors (Lipinski definition) is 4. The van der Waals surface area contributed by atoms with E-state index in [0.717, 1.165) is 12.8 Å². The third-order valence-electron chi connectivity index (χ3n) is 3.15. The minimum absolute atomic E-state index is 0.00945. The molecule has 1 aromatic rings. The lowest BCUT2D eigenvalue weighted by molar-refractivity contribution is -0.137. The Morgan fingerprint density at radius 1 is 1.58 bits per heavy atom. The molecule has 1 atom stereocenters. The van der Waals surface area contributed by atoms with Gasteiger partial charge in [0.25, 0.3) is 0 Å². The number of amides is 2. The standard InChI is InChI=1S/C11H17N5O3/c17-10(18)6-8-2-1-5-16(8)11(19)12-4-3-9-13-7-14-15-9/h7-8H,1-6H2,(H,12,19)(H,17,18)(H,13,14,15). The number of aromatic amines is 1. The number of carbonyl (C=O) groups is 2. The van der Waals surface area contributed by atoms with Crippen molar-refractivity contribution in [1.82, 2.24) is 25.4 Å². The van der Waals surface area contributed by atoms with Gasteiger partial charge < -0.3 is 15.3 Å². The van der Waals surface area contributed by atoms with Gasteiger partial charge in [0.05, 0.1) is 6.42 Å². The molecule has 0 radical (unpaired) electrons. The zero-order valence-corrected chi connectivity index (χ0v) is 10.5. The molecule has 1 aliphatic heterocycles. The quantitative estimate of drug-likeness (QED) is 0.695. The number of likely N-dealkylation sites (tertiary alicyclic amines) is 1. The molecule has 8 nitrogen and oxygen atoms in total. The molecule has 0 aromatic carbocycles. The Morgan fingerprint density at radius 2 is 2.42 bits per heavy atom. The zero-order chi connectivity index (χ0) is 13.7. The van der Waals surface area contributed by atoms with Crippen LogP contribution in [0.1, 0.15) is 25.1 Å². The van der Waals surface area contributed by atoms with E-state index in [1.54, 1.807) is 4.90 Å². The van der Waals surface area contributed by atoms with Crippen molar-refractivity contribution in [3.05, 3.63) is 12.2 Å². The van der Waals surface area contributed by atoms with E-state index in [1.165, 1.54) is 6.33 Å². The van der Waals surface area contributed by atoms with Gasteiger partial charge in [-0.2, -0.15) is 5.10 Å². The van der Waals surface area contributed by atoms with Gasteiger partial charge in [-0.25, -0.2) is 9.78 Å². The fourth-order valence-corrected chi connectivity index (χ4v) is 2.26. The molecule has 2 heterocycles. The molecule has 1 saturated heterocycles. The molecule has 8 heteroatoms. The molecule has 0 bridgehead atoms. The average molecular weight is 267 g/mol. The first-order chi connectivity index (χ1) is 9.16. The van der Waals surface area contributed by atoms with Crippen LogP contribution in [0.2, 0.25) is 0 Å². The molecule has 3 N–H and O–H groups in total. The predicted octanol–water partition coefficient (Wildman–Crippen LogP) is -0.00410. The first-order valence-electron chi connectivity index (χ1n) is 6.27.